The van der Waals surface area contributed by atoms with E-state index in [1.807, 2.05) is 0 Å². The van der Waals surface area contributed by atoms with Gasteiger partial charge in [0.1, 0.15) is 12.1 Å². The minimum Gasteiger partial charge on any atom is -0.480 e. The number of aliphatic hydroxyl groups is 1. The highest BCUT2D eigenvalue weighted by atomic mass is 16.4. The molecule has 174 valence electrons. The molecule has 0 aromatic carbocycles. The van der Waals surface area contributed by atoms with Crippen molar-refractivity contribution in [2.75, 3.05) is 19.6 Å². The van der Waals surface area contributed by atoms with E-state index in [1.54, 1.807) is 0 Å². The van der Waals surface area contributed by atoms with Crippen molar-refractivity contribution in [3.8, 4) is 0 Å². The first kappa shape index (κ1) is 27.7. The molecule has 0 saturated carbocycles. The highest BCUT2D eigenvalue weighted by Crippen LogP contribution is 2.03. The van der Waals surface area contributed by atoms with Crippen molar-refractivity contribution in [2.45, 2.75) is 69.7 Å². The monoisotopic (exact) mass is 432 g/mol. The molecule has 0 aromatic rings. The maximum atomic E-state index is 12.4. The van der Waals surface area contributed by atoms with Gasteiger partial charge in [-0.1, -0.05) is 6.42 Å². The Labute approximate surface area is 176 Å². The second-order valence-corrected chi connectivity index (χ2v) is 7.08. The van der Waals surface area contributed by atoms with Gasteiger partial charge in [-0.2, -0.15) is 0 Å². The molecule has 0 heterocycles. The summed E-state index contributed by atoms with van der Waals surface area (Å²) in [6.45, 7) is 1.73. The van der Waals surface area contributed by atoms with Crippen LogP contribution in [0.25, 0.3) is 0 Å². The van der Waals surface area contributed by atoms with Crippen molar-refractivity contribution < 1.29 is 29.4 Å². The van der Waals surface area contributed by atoms with Gasteiger partial charge in [0.25, 0.3) is 0 Å². The van der Waals surface area contributed by atoms with E-state index < -0.39 is 54.5 Å². The summed E-state index contributed by atoms with van der Waals surface area (Å²) in [7, 11) is 0. The zero-order chi connectivity index (χ0) is 23.1. The summed E-state index contributed by atoms with van der Waals surface area (Å²) in [6.07, 6.45) is 1.80. The summed E-state index contributed by atoms with van der Waals surface area (Å²) < 4.78 is 0. The Hall–Kier alpha value is -2.28. The number of unbranched alkanes of at least 4 members (excludes halogenated alkanes) is 2. The Bertz CT molecular complexity index is 559. The van der Waals surface area contributed by atoms with Crippen molar-refractivity contribution in [3.63, 3.8) is 0 Å². The number of amides is 3. The number of carboxylic acid groups (broad SMARTS) is 1. The van der Waals surface area contributed by atoms with Crippen molar-refractivity contribution in [2.24, 2.45) is 17.2 Å². The molecular weight excluding hydrogens is 396 g/mol. The van der Waals surface area contributed by atoms with Gasteiger partial charge >= 0.3 is 5.97 Å². The van der Waals surface area contributed by atoms with E-state index in [0.717, 1.165) is 6.42 Å². The van der Waals surface area contributed by atoms with Gasteiger partial charge in [-0.3, -0.25) is 14.4 Å². The molecule has 0 aliphatic carbocycles. The fraction of sp³-hybridized carbons (Fsp3) is 0.778. The number of aliphatic hydroxyl groups excluding tert-OH is 1. The highest BCUT2D eigenvalue weighted by molar-refractivity contribution is 5.92. The quantitative estimate of drug-likeness (QED) is 0.117. The molecule has 0 fully saturated rings. The van der Waals surface area contributed by atoms with Gasteiger partial charge in [0.2, 0.25) is 17.7 Å². The number of carbonyl (C=O) groups is 4. The average Bonchev–Trinajstić information content (AvgIpc) is 2.69. The molecule has 0 bridgehead atoms. The average molecular weight is 433 g/mol. The maximum Gasteiger partial charge on any atom is 0.326 e. The van der Waals surface area contributed by atoms with Crippen LogP contribution in [0.4, 0.5) is 0 Å². The third-order valence-corrected chi connectivity index (χ3v) is 4.37. The summed E-state index contributed by atoms with van der Waals surface area (Å²) in [4.78, 5) is 47.7. The molecular formula is C18H36N6O6. The Balaban J connectivity index is 4.67. The van der Waals surface area contributed by atoms with Crippen molar-refractivity contribution in [1.82, 2.24) is 16.0 Å². The molecule has 3 amide bonds. The lowest BCUT2D eigenvalue weighted by molar-refractivity contribution is -0.143. The lowest BCUT2D eigenvalue weighted by atomic mass is 10.1. The third kappa shape index (κ3) is 11.7. The van der Waals surface area contributed by atoms with E-state index in [1.165, 1.54) is 6.92 Å². The van der Waals surface area contributed by atoms with Gasteiger partial charge in [0, 0.05) is 0 Å². The molecule has 0 aliphatic rings. The van der Waals surface area contributed by atoms with E-state index in [4.69, 9.17) is 17.2 Å². The van der Waals surface area contributed by atoms with Crippen LogP contribution in [0.2, 0.25) is 0 Å². The number of rotatable bonds is 16. The van der Waals surface area contributed by atoms with Gasteiger partial charge in [-0.25, -0.2) is 4.79 Å². The SMILES string of the molecule is CC(O)C(NC(=O)CNC(=O)C(N)CCCCN)C(=O)NC(CCCCN)C(=O)O. The molecule has 0 aromatic heterocycles. The standard InChI is InChI=1S/C18H36N6O6/c1-11(25)15(17(28)23-13(18(29)30)7-3-5-9-20)24-14(26)10-22-16(27)12(21)6-2-4-8-19/h11-13,15,25H,2-10,19-21H2,1H3,(H,22,27)(H,23,28)(H,24,26)(H,29,30). The Morgan fingerprint density at radius 2 is 1.47 bits per heavy atom. The number of carboxylic acids is 1. The summed E-state index contributed by atoms with van der Waals surface area (Å²) in [6, 6.07) is -3.34. The largest absolute Gasteiger partial charge is 0.480 e. The molecule has 4 unspecified atom stereocenters. The molecule has 0 radical (unpaired) electrons. The zero-order valence-electron chi connectivity index (χ0n) is 17.4. The molecule has 11 N–H and O–H groups in total. The van der Waals surface area contributed by atoms with Crippen LogP contribution in [0.15, 0.2) is 0 Å². The predicted octanol–water partition coefficient (Wildman–Crippen LogP) is -2.88. The lowest BCUT2D eigenvalue weighted by Gasteiger charge is -2.23. The van der Waals surface area contributed by atoms with Crippen LogP contribution in [0.3, 0.4) is 0 Å². The van der Waals surface area contributed by atoms with Crippen LogP contribution in [-0.4, -0.2) is 77.8 Å². The summed E-state index contributed by atoms with van der Waals surface area (Å²) >= 11 is 0. The second kappa shape index (κ2) is 15.5. The normalized spacial score (nSPS) is 14.8. The number of hydrogen-bond donors (Lipinski definition) is 8. The van der Waals surface area contributed by atoms with Crippen LogP contribution in [-0.2, 0) is 19.2 Å². The Morgan fingerprint density at radius 3 is 1.97 bits per heavy atom. The van der Waals surface area contributed by atoms with Gasteiger partial charge in [-0.15, -0.1) is 0 Å². The summed E-state index contributed by atoms with van der Waals surface area (Å²) in [5, 5.41) is 26.0. The molecule has 0 saturated heterocycles. The van der Waals surface area contributed by atoms with Gasteiger partial charge < -0.3 is 43.4 Å². The molecule has 0 aliphatic heterocycles. The van der Waals surface area contributed by atoms with Gasteiger partial charge in [0.15, 0.2) is 0 Å². The number of carbonyl (C=O) groups excluding carboxylic acids is 3. The van der Waals surface area contributed by atoms with E-state index >= 15 is 0 Å². The Kier molecular flexibility index (Phi) is 14.4. The van der Waals surface area contributed by atoms with E-state index in [0.29, 0.717) is 38.8 Å². The number of hydrogen-bond acceptors (Lipinski definition) is 8. The predicted molar refractivity (Wildman–Crippen MR) is 110 cm³/mol. The fourth-order valence-corrected chi connectivity index (χ4v) is 2.58. The van der Waals surface area contributed by atoms with Crippen LogP contribution in [0, 0.1) is 0 Å². The fourth-order valence-electron chi connectivity index (χ4n) is 2.58. The molecule has 12 nitrogen and oxygen atoms in total. The number of nitrogens with one attached hydrogen (secondary N) is 3. The van der Waals surface area contributed by atoms with E-state index in [-0.39, 0.29) is 6.42 Å². The van der Waals surface area contributed by atoms with Crippen LogP contribution < -0.4 is 33.2 Å². The van der Waals surface area contributed by atoms with Crippen LogP contribution >= 0.6 is 0 Å². The number of nitrogens with two attached hydrogens (primary N) is 3. The first-order valence-electron chi connectivity index (χ1n) is 10.1. The van der Waals surface area contributed by atoms with E-state index in [2.05, 4.69) is 16.0 Å². The van der Waals surface area contributed by atoms with Gasteiger partial charge in [0.05, 0.1) is 18.7 Å². The lowest BCUT2D eigenvalue weighted by Crippen LogP contribution is -2.57. The Morgan fingerprint density at radius 1 is 0.900 bits per heavy atom. The van der Waals surface area contributed by atoms with Crippen LogP contribution in [0.1, 0.15) is 45.4 Å². The third-order valence-electron chi connectivity index (χ3n) is 4.37. The maximum absolute atomic E-state index is 12.4. The minimum atomic E-state index is -1.39. The summed E-state index contributed by atoms with van der Waals surface area (Å²) in [5.41, 5.74) is 16.5. The van der Waals surface area contributed by atoms with Crippen molar-refractivity contribution in [3.05, 3.63) is 0 Å². The van der Waals surface area contributed by atoms with Gasteiger partial charge in [-0.05, 0) is 52.1 Å². The van der Waals surface area contributed by atoms with Crippen LogP contribution in [0.5, 0.6) is 0 Å². The molecule has 30 heavy (non-hydrogen) atoms. The molecule has 0 spiro atoms. The minimum absolute atomic E-state index is 0.164. The second-order valence-electron chi connectivity index (χ2n) is 7.08. The highest BCUT2D eigenvalue weighted by Gasteiger charge is 2.29. The first-order valence-corrected chi connectivity index (χ1v) is 10.1. The zero-order valence-corrected chi connectivity index (χ0v) is 17.4. The van der Waals surface area contributed by atoms with Crippen molar-refractivity contribution in [1.29, 1.82) is 0 Å². The smallest absolute Gasteiger partial charge is 0.326 e. The number of aliphatic carboxylic acids is 1. The molecule has 0 rings (SSSR count). The molecule has 12 heteroatoms. The van der Waals surface area contributed by atoms with E-state index in [9.17, 15) is 29.4 Å². The van der Waals surface area contributed by atoms with Crippen molar-refractivity contribution >= 4 is 23.7 Å². The summed E-state index contributed by atoms with van der Waals surface area (Å²) in [5.74, 6) is -3.32. The topological polar surface area (TPSA) is 223 Å². The first-order chi connectivity index (χ1) is 14.1. The molecule has 4 atom stereocenters.